The lowest BCUT2D eigenvalue weighted by Gasteiger charge is -2.24. The van der Waals surface area contributed by atoms with Crippen molar-refractivity contribution in [3.63, 3.8) is 0 Å². The molecule has 0 amide bonds. The molecule has 0 N–H and O–H groups in total. The molecule has 0 bridgehead atoms. The third kappa shape index (κ3) is 3.45. The Labute approximate surface area is 137 Å². The largest absolute Gasteiger partial charge is 0.303 e. The molecule has 3 heterocycles. The van der Waals surface area contributed by atoms with Crippen molar-refractivity contribution in [2.45, 2.75) is 44.9 Å². The van der Waals surface area contributed by atoms with Gasteiger partial charge in [0, 0.05) is 43.6 Å². The summed E-state index contributed by atoms with van der Waals surface area (Å²) < 4.78 is 4.03. The lowest BCUT2D eigenvalue weighted by molar-refractivity contribution is 0.237. The minimum absolute atomic E-state index is 0.0265. The summed E-state index contributed by atoms with van der Waals surface area (Å²) >= 11 is 0. The maximum atomic E-state index is 4.50. The molecular weight excluding hydrogens is 290 g/mol. The smallest absolute Gasteiger partial charge is 0.0831 e. The first-order valence-electron chi connectivity index (χ1n) is 8.13. The molecule has 7 heteroatoms. The van der Waals surface area contributed by atoms with E-state index in [1.54, 1.807) is 6.20 Å². The Balaban J connectivity index is 1.71. The third-order valence-electron chi connectivity index (χ3n) is 4.51. The van der Waals surface area contributed by atoms with Gasteiger partial charge in [0.25, 0.3) is 0 Å². The topological polar surface area (TPSA) is 55.0 Å². The van der Waals surface area contributed by atoms with Gasteiger partial charge in [-0.05, 0) is 34.9 Å². The fourth-order valence-electron chi connectivity index (χ4n) is 3.20. The monoisotopic (exact) mass is 317 g/mol. The molecule has 3 rings (SSSR count). The molecule has 1 saturated heterocycles. The van der Waals surface area contributed by atoms with Crippen molar-refractivity contribution in [1.82, 2.24) is 34.6 Å². The highest BCUT2D eigenvalue weighted by atomic mass is 15.5. The molecule has 0 aliphatic carbocycles. The van der Waals surface area contributed by atoms with Crippen LogP contribution in [0, 0.1) is 0 Å². The zero-order valence-corrected chi connectivity index (χ0v) is 14.7. The van der Waals surface area contributed by atoms with Gasteiger partial charge in [-0.1, -0.05) is 5.21 Å². The molecule has 0 aromatic carbocycles. The summed E-state index contributed by atoms with van der Waals surface area (Å²) in [6.07, 6.45) is 7.86. The average molecular weight is 317 g/mol. The number of likely N-dealkylation sites (N-methyl/N-ethyl adjacent to an activating group) is 1. The summed E-state index contributed by atoms with van der Waals surface area (Å²) in [5.41, 5.74) is 1.29. The van der Waals surface area contributed by atoms with E-state index in [2.05, 4.69) is 66.3 Å². The quantitative estimate of drug-likeness (QED) is 0.848. The van der Waals surface area contributed by atoms with Crippen LogP contribution in [0.5, 0.6) is 0 Å². The Kier molecular flexibility index (Phi) is 4.25. The Morgan fingerprint density at radius 1 is 1.26 bits per heavy atom. The van der Waals surface area contributed by atoms with E-state index in [1.165, 1.54) is 5.56 Å². The molecule has 0 unspecified atom stereocenters. The highest BCUT2D eigenvalue weighted by Crippen LogP contribution is 2.26. The van der Waals surface area contributed by atoms with Crippen LogP contribution in [0.4, 0.5) is 0 Å². The SMILES string of the molecule is CN(C)[C@@H]1CN(Cc2cnn(C(C)(C)C)c2)C[C@@H]1n1ccnn1. The van der Waals surface area contributed by atoms with Gasteiger partial charge < -0.3 is 4.90 Å². The van der Waals surface area contributed by atoms with Crippen molar-refractivity contribution >= 4 is 0 Å². The molecule has 0 spiro atoms. The van der Waals surface area contributed by atoms with Crippen LogP contribution in [0.1, 0.15) is 32.4 Å². The van der Waals surface area contributed by atoms with Crippen molar-refractivity contribution in [3.8, 4) is 0 Å². The van der Waals surface area contributed by atoms with Gasteiger partial charge in [-0.15, -0.1) is 5.10 Å². The lowest BCUT2D eigenvalue weighted by Crippen LogP contribution is -2.36. The Hall–Kier alpha value is -1.73. The summed E-state index contributed by atoms with van der Waals surface area (Å²) in [7, 11) is 4.27. The van der Waals surface area contributed by atoms with Crippen LogP contribution >= 0.6 is 0 Å². The van der Waals surface area contributed by atoms with Crippen molar-refractivity contribution in [2.75, 3.05) is 27.2 Å². The Bertz CT molecular complexity index is 623. The van der Waals surface area contributed by atoms with Crippen molar-refractivity contribution in [2.24, 2.45) is 0 Å². The van der Waals surface area contributed by atoms with Gasteiger partial charge in [0.1, 0.15) is 0 Å². The highest BCUT2D eigenvalue weighted by molar-refractivity contribution is 5.07. The molecule has 126 valence electrons. The number of likely N-dealkylation sites (tertiary alicyclic amines) is 1. The van der Waals surface area contributed by atoms with Gasteiger partial charge in [-0.25, -0.2) is 4.68 Å². The number of aromatic nitrogens is 5. The first-order valence-corrected chi connectivity index (χ1v) is 8.13. The van der Waals surface area contributed by atoms with Crippen LogP contribution in [-0.2, 0) is 12.1 Å². The first kappa shape index (κ1) is 16.1. The normalized spacial score (nSPS) is 23.0. The number of hydrogen-bond acceptors (Lipinski definition) is 5. The summed E-state index contributed by atoms with van der Waals surface area (Å²) in [5, 5.41) is 12.7. The summed E-state index contributed by atoms with van der Waals surface area (Å²) in [4.78, 5) is 4.76. The second-order valence-electron chi connectivity index (χ2n) is 7.64. The highest BCUT2D eigenvalue weighted by Gasteiger charge is 2.36. The minimum Gasteiger partial charge on any atom is -0.303 e. The standard InChI is InChI=1S/C16H27N7/c1-16(2,3)23-10-13(8-18-23)9-21-11-14(20(4)5)15(12-21)22-7-6-17-19-22/h6-8,10,14-15H,9,11-12H2,1-5H3/t14-,15+/m1/s1. The summed E-state index contributed by atoms with van der Waals surface area (Å²) in [6, 6.07) is 0.777. The van der Waals surface area contributed by atoms with E-state index < -0.39 is 0 Å². The van der Waals surface area contributed by atoms with Crippen LogP contribution in [0.3, 0.4) is 0 Å². The van der Waals surface area contributed by atoms with Crippen molar-refractivity contribution in [1.29, 1.82) is 0 Å². The van der Waals surface area contributed by atoms with Gasteiger partial charge in [0.15, 0.2) is 0 Å². The van der Waals surface area contributed by atoms with Crippen LogP contribution in [0.25, 0.3) is 0 Å². The second-order valence-corrected chi connectivity index (χ2v) is 7.64. The van der Waals surface area contributed by atoms with Gasteiger partial charge >= 0.3 is 0 Å². The molecule has 0 radical (unpaired) electrons. The molecule has 2 atom stereocenters. The van der Waals surface area contributed by atoms with Crippen molar-refractivity contribution < 1.29 is 0 Å². The fourth-order valence-corrected chi connectivity index (χ4v) is 3.20. The van der Waals surface area contributed by atoms with E-state index in [1.807, 2.05) is 21.8 Å². The van der Waals surface area contributed by atoms with E-state index >= 15 is 0 Å². The van der Waals surface area contributed by atoms with E-state index in [0.29, 0.717) is 12.1 Å². The predicted octanol–water partition coefficient (Wildman–Crippen LogP) is 1.22. The molecule has 7 nitrogen and oxygen atoms in total. The average Bonchev–Trinajstić information content (AvgIpc) is 3.17. The second kappa shape index (κ2) is 6.05. The molecule has 1 aliphatic heterocycles. The molecule has 2 aromatic rings. The van der Waals surface area contributed by atoms with Gasteiger partial charge in [0.2, 0.25) is 0 Å². The third-order valence-corrected chi connectivity index (χ3v) is 4.51. The summed E-state index contributed by atoms with van der Waals surface area (Å²) in [5.74, 6) is 0. The molecule has 0 saturated carbocycles. The number of hydrogen-bond donors (Lipinski definition) is 0. The molecule has 2 aromatic heterocycles. The maximum absolute atomic E-state index is 4.50. The van der Waals surface area contributed by atoms with E-state index in [9.17, 15) is 0 Å². The zero-order valence-electron chi connectivity index (χ0n) is 14.7. The van der Waals surface area contributed by atoms with E-state index in [0.717, 1.165) is 19.6 Å². The summed E-state index contributed by atoms with van der Waals surface area (Å²) in [6.45, 7) is 9.43. The number of rotatable bonds is 4. The van der Waals surface area contributed by atoms with Gasteiger partial charge in [-0.2, -0.15) is 5.10 Å². The first-order chi connectivity index (χ1) is 10.8. The van der Waals surface area contributed by atoms with Crippen LogP contribution in [0.15, 0.2) is 24.8 Å². The predicted molar refractivity (Wildman–Crippen MR) is 89.0 cm³/mol. The van der Waals surface area contributed by atoms with Crippen LogP contribution in [0.2, 0.25) is 0 Å². The Morgan fingerprint density at radius 3 is 2.61 bits per heavy atom. The van der Waals surface area contributed by atoms with Crippen LogP contribution in [-0.4, -0.2) is 67.8 Å². The van der Waals surface area contributed by atoms with Crippen LogP contribution < -0.4 is 0 Å². The zero-order chi connectivity index (χ0) is 16.6. The maximum Gasteiger partial charge on any atom is 0.0831 e. The molecular formula is C16H27N7. The number of nitrogens with zero attached hydrogens (tertiary/aromatic N) is 7. The molecule has 1 fully saturated rings. The van der Waals surface area contributed by atoms with E-state index in [4.69, 9.17) is 0 Å². The van der Waals surface area contributed by atoms with Gasteiger partial charge in [0.05, 0.1) is 24.0 Å². The molecule has 1 aliphatic rings. The van der Waals surface area contributed by atoms with Gasteiger partial charge in [-0.3, -0.25) is 9.58 Å². The lowest BCUT2D eigenvalue weighted by atomic mass is 10.1. The van der Waals surface area contributed by atoms with E-state index in [-0.39, 0.29) is 5.54 Å². The minimum atomic E-state index is 0.0265. The molecule has 23 heavy (non-hydrogen) atoms. The van der Waals surface area contributed by atoms with Crippen molar-refractivity contribution in [3.05, 3.63) is 30.4 Å². The Morgan fingerprint density at radius 2 is 2.04 bits per heavy atom. The fraction of sp³-hybridized carbons (Fsp3) is 0.688.